The zero-order valence-corrected chi connectivity index (χ0v) is 18.7. The maximum atomic E-state index is 12.3. The standard InChI is InChI=1S/C22H36N4O2S/c1-3-16-29(27,28)26-14-10-20(11-15-26)25-21(23-4-2)24-18-22(12-13-22)17-19-8-6-5-7-9-19/h5-9,20H,3-4,10-18H2,1-2H3,(H2,23,24,25). The van der Waals surface area contributed by atoms with Crippen LogP contribution >= 0.6 is 0 Å². The molecule has 1 aliphatic heterocycles. The quantitative estimate of drug-likeness (QED) is 0.476. The van der Waals surface area contributed by atoms with Crippen molar-refractivity contribution < 1.29 is 8.42 Å². The monoisotopic (exact) mass is 420 g/mol. The molecule has 0 atom stereocenters. The second-order valence-corrected chi connectivity index (χ2v) is 10.6. The summed E-state index contributed by atoms with van der Waals surface area (Å²) in [5, 5.41) is 6.91. The molecule has 162 valence electrons. The van der Waals surface area contributed by atoms with Crippen molar-refractivity contribution in [3.8, 4) is 0 Å². The highest BCUT2D eigenvalue weighted by Crippen LogP contribution is 2.48. The highest BCUT2D eigenvalue weighted by atomic mass is 32.2. The molecule has 3 rings (SSSR count). The first-order chi connectivity index (χ1) is 14.0. The summed E-state index contributed by atoms with van der Waals surface area (Å²) in [7, 11) is -3.09. The lowest BCUT2D eigenvalue weighted by atomic mass is 9.97. The Balaban J connectivity index is 1.53. The molecule has 0 radical (unpaired) electrons. The maximum absolute atomic E-state index is 12.3. The van der Waals surface area contributed by atoms with Crippen LogP contribution in [0.5, 0.6) is 0 Å². The second kappa shape index (κ2) is 9.94. The minimum Gasteiger partial charge on any atom is -0.357 e. The number of nitrogens with zero attached hydrogens (tertiary/aromatic N) is 2. The summed E-state index contributed by atoms with van der Waals surface area (Å²) < 4.78 is 26.2. The SMILES string of the molecule is CCCS(=O)(=O)N1CCC(NC(=NCC2(Cc3ccccc3)CC2)NCC)CC1. The largest absolute Gasteiger partial charge is 0.357 e. The maximum Gasteiger partial charge on any atom is 0.214 e. The van der Waals surface area contributed by atoms with Crippen molar-refractivity contribution in [2.75, 3.05) is 31.9 Å². The van der Waals surface area contributed by atoms with Crippen LogP contribution in [0.15, 0.2) is 35.3 Å². The molecule has 6 nitrogen and oxygen atoms in total. The van der Waals surface area contributed by atoms with Crippen LogP contribution in [-0.4, -0.2) is 56.7 Å². The Morgan fingerprint density at radius 3 is 2.45 bits per heavy atom. The molecular weight excluding hydrogens is 384 g/mol. The van der Waals surface area contributed by atoms with Crippen molar-refractivity contribution in [2.24, 2.45) is 10.4 Å². The minimum absolute atomic E-state index is 0.249. The lowest BCUT2D eigenvalue weighted by Gasteiger charge is -2.32. The molecule has 2 N–H and O–H groups in total. The Bertz CT molecular complexity index is 767. The van der Waals surface area contributed by atoms with E-state index in [0.717, 1.165) is 38.3 Å². The van der Waals surface area contributed by atoms with E-state index in [0.29, 0.717) is 24.9 Å². The second-order valence-electron chi connectivity index (χ2n) is 8.49. The first-order valence-corrected chi connectivity index (χ1v) is 12.6. The molecule has 2 fully saturated rings. The summed E-state index contributed by atoms with van der Waals surface area (Å²) in [6, 6.07) is 10.9. The minimum atomic E-state index is -3.09. The normalized spacial score (nSPS) is 20.4. The number of hydrogen-bond acceptors (Lipinski definition) is 3. The molecule has 0 aromatic heterocycles. The van der Waals surface area contributed by atoms with Gasteiger partial charge in [0.2, 0.25) is 10.0 Å². The van der Waals surface area contributed by atoms with Crippen molar-refractivity contribution in [3.63, 3.8) is 0 Å². The van der Waals surface area contributed by atoms with Crippen LogP contribution in [0.1, 0.15) is 51.5 Å². The van der Waals surface area contributed by atoms with E-state index in [-0.39, 0.29) is 11.8 Å². The van der Waals surface area contributed by atoms with Gasteiger partial charge in [0.1, 0.15) is 0 Å². The molecule has 2 aliphatic rings. The van der Waals surface area contributed by atoms with Gasteiger partial charge in [0.05, 0.1) is 5.75 Å². The van der Waals surface area contributed by atoms with Gasteiger partial charge in [-0.3, -0.25) is 4.99 Å². The summed E-state index contributed by atoms with van der Waals surface area (Å²) in [4.78, 5) is 4.90. The Hall–Kier alpha value is -1.60. The molecule has 0 unspecified atom stereocenters. The van der Waals surface area contributed by atoms with Crippen molar-refractivity contribution in [2.45, 2.75) is 58.4 Å². The lowest BCUT2D eigenvalue weighted by molar-refractivity contribution is 0.306. The van der Waals surface area contributed by atoms with Crippen molar-refractivity contribution in [1.82, 2.24) is 14.9 Å². The van der Waals surface area contributed by atoms with Gasteiger partial charge in [-0.25, -0.2) is 12.7 Å². The van der Waals surface area contributed by atoms with Crippen LogP contribution in [0.25, 0.3) is 0 Å². The molecule has 29 heavy (non-hydrogen) atoms. The fraction of sp³-hybridized carbons (Fsp3) is 0.682. The summed E-state index contributed by atoms with van der Waals surface area (Å²) in [5.41, 5.74) is 1.69. The Labute approximate surface area is 176 Å². The molecule has 1 heterocycles. The smallest absolute Gasteiger partial charge is 0.214 e. The van der Waals surface area contributed by atoms with Gasteiger partial charge >= 0.3 is 0 Å². The van der Waals surface area contributed by atoms with Gasteiger partial charge in [0.15, 0.2) is 5.96 Å². The van der Waals surface area contributed by atoms with Crippen LogP contribution in [0, 0.1) is 5.41 Å². The summed E-state index contributed by atoms with van der Waals surface area (Å²) >= 11 is 0. The Morgan fingerprint density at radius 2 is 1.86 bits per heavy atom. The van der Waals surface area contributed by atoms with E-state index in [1.165, 1.54) is 18.4 Å². The van der Waals surface area contributed by atoms with Crippen molar-refractivity contribution in [1.29, 1.82) is 0 Å². The zero-order valence-electron chi connectivity index (χ0n) is 17.9. The van der Waals surface area contributed by atoms with Gasteiger partial charge in [-0.05, 0) is 56.4 Å². The summed E-state index contributed by atoms with van der Waals surface area (Å²) in [6.07, 6.45) is 5.87. The molecule has 1 aliphatic carbocycles. The third-order valence-corrected chi connectivity index (χ3v) is 8.02. The molecule has 1 saturated heterocycles. The molecule has 1 aromatic carbocycles. The Morgan fingerprint density at radius 1 is 1.17 bits per heavy atom. The van der Waals surface area contributed by atoms with Crippen LogP contribution in [0.2, 0.25) is 0 Å². The van der Waals surface area contributed by atoms with Gasteiger partial charge in [-0.1, -0.05) is 37.3 Å². The van der Waals surface area contributed by atoms with Crippen LogP contribution < -0.4 is 10.6 Å². The first kappa shape index (κ1) is 22.1. The van der Waals surface area contributed by atoms with Gasteiger partial charge in [0, 0.05) is 32.2 Å². The molecule has 0 amide bonds. The van der Waals surface area contributed by atoms with E-state index < -0.39 is 10.0 Å². The fourth-order valence-electron chi connectivity index (χ4n) is 4.02. The topological polar surface area (TPSA) is 73.8 Å². The highest BCUT2D eigenvalue weighted by molar-refractivity contribution is 7.89. The van der Waals surface area contributed by atoms with Crippen LogP contribution in [-0.2, 0) is 16.4 Å². The number of rotatable bonds is 9. The molecular formula is C22H36N4O2S. The molecule has 1 saturated carbocycles. The molecule has 0 spiro atoms. The predicted molar refractivity (Wildman–Crippen MR) is 120 cm³/mol. The fourth-order valence-corrected chi connectivity index (χ4v) is 5.56. The van der Waals surface area contributed by atoms with E-state index >= 15 is 0 Å². The number of benzene rings is 1. The third-order valence-electron chi connectivity index (χ3n) is 5.95. The van der Waals surface area contributed by atoms with Gasteiger partial charge in [-0.15, -0.1) is 0 Å². The van der Waals surface area contributed by atoms with Gasteiger partial charge in [0.25, 0.3) is 0 Å². The average molecular weight is 421 g/mol. The number of aliphatic imine (C=N–C) groups is 1. The lowest BCUT2D eigenvalue weighted by Crippen LogP contribution is -2.50. The first-order valence-electron chi connectivity index (χ1n) is 11.0. The summed E-state index contributed by atoms with van der Waals surface area (Å²) in [6.45, 7) is 6.83. The van der Waals surface area contributed by atoms with E-state index in [9.17, 15) is 8.42 Å². The number of sulfonamides is 1. The van der Waals surface area contributed by atoms with E-state index in [1.54, 1.807) is 4.31 Å². The van der Waals surface area contributed by atoms with Gasteiger partial charge in [-0.2, -0.15) is 0 Å². The average Bonchev–Trinajstić information content (AvgIpc) is 3.47. The van der Waals surface area contributed by atoms with Crippen molar-refractivity contribution >= 4 is 16.0 Å². The van der Waals surface area contributed by atoms with Crippen LogP contribution in [0.3, 0.4) is 0 Å². The van der Waals surface area contributed by atoms with E-state index in [2.05, 4.69) is 47.9 Å². The van der Waals surface area contributed by atoms with Crippen molar-refractivity contribution in [3.05, 3.63) is 35.9 Å². The molecule has 1 aromatic rings. The van der Waals surface area contributed by atoms with Gasteiger partial charge < -0.3 is 10.6 Å². The van der Waals surface area contributed by atoms with Crippen LogP contribution in [0.4, 0.5) is 0 Å². The van der Waals surface area contributed by atoms with E-state index in [4.69, 9.17) is 4.99 Å². The third kappa shape index (κ3) is 6.44. The number of nitrogens with one attached hydrogen (secondary N) is 2. The number of hydrogen-bond donors (Lipinski definition) is 2. The Kier molecular flexibility index (Phi) is 7.57. The molecule has 7 heteroatoms. The summed E-state index contributed by atoms with van der Waals surface area (Å²) in [5.74, 6) is 1.11. The number of piperidine rings is 1. The number of guanidine groups is 1. The zero-order chi connectivity index (χ0) is 20.7. The molecule has 0 bridgehead atoms. The van der Waals surface area contributed by atoms with E-state index in [1.807, 2.05) is 6.92 Å². The predicted octanol–water partition coefficient (Wildman–Crippen LogP) is 2.77. The highest BCUT2D eigenvalue weighted by Gasteiger charge is 2.42.